The lowest BCUT2D eigenvalue weighted by molar-refractivity contribution is 0.102. The lowest BCUT2D eigenvalue weighted by atomic mass is 10.1. The highest BCUT2D eigenvalue weighted by atomic mass is 79.9. The molecule has 0 amide bonds. The van der Waals surface area contributed by atoms with Crippen LogP contribution in [0.5, 0.6) is 5.75 Å². The van der Waals surface area contributed by atoms with Crippen molar-refractivity contribution in [2.24, 2.45) is 0 Å². The topological polar surface area (TPSA) is 26.3 Å². The Balaban J connectivity index is 2.73. The number of hydrogen-bond donors (Lipinski definition) is 0. The van der Waals surface area contributed by atoms with Gasteiger partial charge in [0.25, 0.3) is 0 Å². The Morgan fingerprint density at radius 2 is 2.19 bits per heavy atom. The van der Waals surface area contributed by atoms with Crippen molar-refractivity contribution >= 4 is 33.5 Å². The van der Waals surface area contributed by atoms with Crippen LogP contribution in [0, 0.1) is 0 Å². The third-order valence-electron chi connectivity index (χ3n) is 2.02. The van der Waals surface area contributed by atoms with Gasteiger partial charge in [-0.05, 0) is 39.4 Å². The van der Waals surface area contributed by atoms with Crippen LogP contribution in [0.25, 0.3) is 0 Å². The molecule has 0 unspecified atom stereocenters. The number of hydrogen-bond acceptors (Lipinski definition) is 3. The second-order valence-electron chi connectivity index (χ2n) is 3.63. The molecular weight excluding hydrogens is 288 g/mol. The van der Waals surface area contributed by atoms with Gasteiger partial charge in [0.1, 0.15) is 5.75 Å². The van der Waals surface area contributed by atoms with Gasteiger partial charge in [0, 0.05) is 5.56 Å². The number of ketones is 1. The normalized spacial score (nSPS) is 10.6. The fourth-order valence-electron chi connectivity index (χ4n) is 1.17. The lowest BCUT2D eigenvalue weighted by Gasteiger charge is -2.07. The molecule has 0 fully saturated rings. The van der Waals surface area contributed by atoms with Gasteiger partial charge in [0.15, 0.2) is 5.78 Å². The van der Waals surface area contributed by atoms with E-state index >= 15 is 0 Å². The predicted molar refractivity (Wildman–Crippen MR) is 72.6 cm³/mol. The summed E-state index contributed by atoms with van der Waals surface area (Å²) in [5.41, 5.74) is 0.723. The van der Waals surface area contributed by atoms with Crippen LogP contribution in [0.3, 0.4) is 0 Å². The largest absolute Gasteiger partial charge is 0.496 e. The number of Topliss-reactive ketones (excluding diaryl/α,β-unsaturated/α-hetero) is 1. The number of carbonyl (C=O) groups is 1. The quantitative estimate of drug-likeness (QED) is 0.774. The Morgan fingerprint density at radius 3 is 2.69 bits per heavy atom. The molecule has 0 saturated carbocycles. The van der Waals surface area contributed by atoms with Crippen molar-refractivity contribution in [3.8, 4) is 5.75 Å². The maximum atomic E-state index is 11.8. The molecule has 0 aromatic heterocycles. The molecule has 0 N–H and O–H groups in total. The first-order valence-corrected chi connectivity index (χ1v) is 6.87. The van der Waals surface area contributed by atoms with Crippen molar-refractivity contribution in [1.29, 1.82) is 0 Å². The van der Waals surface area contributed by atoms with Crippen molar-refractivity contribution in [3.63, 3.8) is 0 Å². The van der Waals surface area contributed by atoms with Crippen LogP contribution in [0.1, 0.15) is 24.2 Å². The Morgan fingerprint density at radius 1 is 1.50 bits per heavy atom. The summed E-state index contributed by atoms with van der Waals surface area (Å²) in [6.07, 6.45) is 0. The van der Waals surface area contributed by atoms with E-state index in [1.807, 2.05) is 6.07 Å². The van der Waals surface area contributed by atoms with Crippen LogP contribution in [0.15, 0.2) is 22.7 Å². The van der Waals surface area contributed by atoms with Gasteiger partial charge >= 0.3 is 0 Å². The van der Waals surface area contributed by atoms with Gasteiger partial charge < -0.3 is 4.74 Å². The second-order valence-corrected chi connectivity index (χ2v) is 6.05. The van der Waals surface area contributed by atoms with Crippen LogP contribution in [0.4, 0.5) is 0 Å². The van der Waals surface area contributed by atoms with E-state index in [0.717, 1.165) is 15.8 Å². The van der Waals surface area contributed by atoms with Crippen LogP contribution in [-0.4, -0.2) is 23.9 Å². The van der Waals surface area contributed by atoms with Gasteiger partial charge in [-0.1, -0.05) is 13.8 Å². The summed E-state index contributed by atoms with van der Waals surface area (Å²) in [6.45, 7) is 4.17. The molecule has 16 heavy (non-hydrogen) atoms. The van der Waals surface area contributed by atoms with Crippen molar-refractivity contribution in [2.45, 2.75) is 19.1 Å². The standard InChI is InChI=1S/C12H15BrO2S/c1-8(2)16-7-11(14)9-4-5-12(15-3)10(13)6-9/h4-6,8H,7H2,1-3H3. The number of ether oxygens (including phenoxy) is 1. The molecule has 0 saturated heterocycles. The molecule has 0 spiro atoms. The summed E-state index contributed by atoms with van der Waals surface area (Å²) in [6, 6.07) is 5.41. The molecule has 0 atom stereocenters. The van der Waals surface area contributed by atoms with Crippen molar-refractivity contribution in [3.05, 3.63) is 28.2 Å². The molecule has 0 aliphatic heterocycles. The van der Waals surface area contributed by atoms with Crippen molar-refractivity contribution in [1.82, 2.24) is 0 Å². The van der Waals surface area contributed by atoms with Crippen LogP contribution in [-0.2, 0) is 0 Å². The first-order chi connectivity index (χ1) is 7.54. The molecule has 0 heterocycles. The molecule has 1 aromatic rings. The summed E-state index contributed by atoms with van der Waals surface area (Å²) in [5, 5.41) is 0.477. The Labute approximate surface area is 109 Å². The van der Waals surface area contributed by atoms with Crippen LogP contribution >= 0.6 is 27.7 Å². The molecule has 1 rings (SSSR count). The Bertz CT molecular complexity index is 377. The maximum Gasteiger partial charge on any atom is 0.172 e. The SMILES string of the molecule is COc1ccc(C(=O)CSC(C)C)cc1Br. The average Bonchev–Trinajstić information content (AvgIpc) is 2.25. The highest BCUT2D eigenvalue weighted by molar-refractivity contribution is 9.10. The summed E-state index contributed by atoms with van der Waals surface area (Å²) in [4.78, 5) is 11.8. The van der Waals surface area contributed by atoms with E-state index in [-0.39, 0.29) is 5.78 Å². The van der Waals surface area contributed by atoms with Gasteiger partial charge in [0.05, 0.1) is 17.3 Å². The zero-order chi connectivity index (χ0) is 12.1. The second kappa shape index (κ2) is 6.30. The molecule has 0 aliphatic rings. The molecule has 0 bridgehead atoms. The fourth-order valence-corrected chi connectivity index (χ4v) is 2.36. The van der Waals surface area contributed by atoms with Gasteiger partial charge in [-0.25, -0.2) is 0 Å². The molecule has 4 heteroatoms. The van der Waals surface area contributed by atoms with E-state index in [9.17, 15) is 4.79 Å². The van der Waals surface area contributed by atoms with E-state index in [1.54, 1.807) is 31.0 Å². The molecule has 2 nitrogen and oxygen atoms in total. The minimum atomic E-state index is 0.155. The number of rotatable bonds is 5. The highest BCUT2D eigenvalue weighted by Gasteiger charge is 2.09. The number of thioether (sulfide) groups is 1. The smallest absolute Gasteiger partial charge is 0.172 e. The van der Waals surface area contributed by atoms with Crippen molar-refractivity contribution in [2.75, 3.05) is 12.9 Å². The summed E-state index contributed by atoms with van der Waals surface area (Å²) < 4.78 is 5.93. The van der Waals surface area contributed by atoms with Crippen LogP contribution < -0.4 is 4.74 Å². The van der Waals surface area contributed by atoms with E-state index in [0.29, 0.717) is 11.0 Å². The van der Waals surface area contributed by atoms with E-state index < -0.39 is 0 Å². The zero-order valence-electron chi connectivity index (χ0n) is 9.62. The summed E-state index contributed by atoms with van der Waals surface area (Å²) >= 11 is 5.03. The molecule has 1 aromatic carbocycles. The number of methoxy groups -OCH3 is 1. The van der Waals surface area contributed by atoms with Gasteiger partial charge in [-0.3, -0.25) is 4.79 Å². The minimum Gasteiger partial charge on any atom is -0.496 e. The van der Waals surface area contributed by atoms with Crippen molar-refractivity contribution < 1.29 is 9.53 Å². The monoisotopic (exact) mass is 302 g/mol. The summed E-state index contributed by atoms with van der Waals surface area (Å²) in [7, 11) is 1.61. The van der Waals surface area contributed by atoms with E-state index in [1.165, 1.54) is 0 Å². The predicted octanol–water partition coefficient (Wildman–Crippen LogP) is 3.78. The lowest BCUT2D eigenvalue weighted by Crippen LogP contribution is -2.05. The fraction of sp³-hybridized carbons (Fsp3) is 0.417. The van der Waals surface area contributed by atoms with Gasteiger partial charge in [-0.15, -0.1) is 0 Å². The minimum absolute atomic E-state index is 0.155. The molecule has 88 valence electrons. The van der Waals surface area contributed by atoms with E-state index in [2.05, 4.69) is 29.8 Å². The first kappa shape index (κ1) is 13.6. The van der Waals surface area contributed by atoms with Gasteiger partial charge in [0.2, 0.25) is 0 Å². The number of carbonyl (C=O) groups excluding carboxylic acids is 1. The maximum absolute atomic E-state index is 11.8. The first-order valence-electron chi connectivity index (χ1n) is 5.03. The Kier molecular flexibility index (Phi) is 5.35. The summed E-state index contributed by atoms with van der Waals surface area (Å²) in [5.74, 6) is 1.42. The highest BCUT2D eigenvalue weighted by Crippen LogP contribution is 2.26. The number of halogens is 1. The average molecular weight is 303 g/mol. The molecule has 0 radical (unpaired) electrons. The van der Waals surface area contributed by atoms with Crippen LogP contribution in [0.2, 0.25) is 0 Å². The van der Waals surface area contributed by atoms with Gasteiger partial charge in [-0.2, -0.15) is 11.8 Å². The Hall–Kier alpha value is -0.480. The third kappa shape index (κ3) is 3.83. The van der Waals surface area contributed by atoms with E-state index in [4.69, 9.17) is 4.74 Å². The molecule has 0 aliphatic carbocycles. The number of benzene rings is 1. The molecular formula is C12H15BrO2S. The third-order valence-corrected chi connectivity index (χ3v) is 3.74. The zero-order valence-corrected chi connectivity index (χ0v) is 12.0.